The van der Waals surface area contributed by atoms with Gasteiger partial charge in [0.2, 0.25) is 0 Å². The van der Waals surface area contributed by atoms with E-state index in [1.54, 1.807) is 30.3 Å². The summed E-state index contributed by atoms with van der Waals surface area (Å²) in [7, 11) is 1.49. The van der Waals surface area contributed by atoms with E-state index in [0.29, 0.717) is 26.9 Å². The summed E-state index contributed by atoms with van der Waals surface area (Å²) in [6, 6.07) is 13.3. The number of hydrogen-bond donors (Lipinski definition) is 1. The van der Waals surface area contributed by atoms with Gasteiger partial charge in [-0.15, -0.1) is 0 Å². The Hall–Kier alpha value is -3.23. The molecule has 1 aliphatic heterocycles. The van der Waals surface area contributed by atoms with Crippen molar-refractivity contribution in [2.75, 3.05) is 12.0 Å². The van der Waals surface area contributed by atoms with E-state index in [0.717, 1.165) is 4.90 Å². The average molecular weight is 566 g/mol. The van der Waals surface area contributed by atoms with Gasteiger partial charge in [-0.1, -0.05) is 52.5 Å². The van der Waals surface area contributed by atoms with E-state index >= 15 is 0 Å². The lowest BCUT2D eigenvalue weighted by Gasteiger charge is -2.26. The Labute approximate surface area is 226 Å². The van der Waals surface area contributed by atoms with Crippen molar-refractivity contribution in [3.8, 4) is 11.5 Å². The van der Waals surface area contributed by atoms with Gasteiger partial charge in [0, 0.05) is 15.6 Å². The molecule has 0 saturated carbocycles. The Morgan fingerprint density at radius 2 is 1.56 bits per heavy atom. The van der Waals surface area contributed by atoms with Crippen LogP contribution in [0.5, 0.6) is 11.5 Å². The molecule has 0 atom stereocenters. The third-order valence-electron chi connectivity index (χ3n) is 5.15. The summed E-state index contributed by atoms with van der Waals surface area (Å²) in [6.07, 6.45) is 1.29. The van der Waals surface area contributed by atoms with Gasteiger partial charge in [-0.25, -0.2) is 9.69 Å². The maximum Gasteiger partial charge on any atom is 0.335 e. The maximum atomic E-state index is 13.1. The predicted molar refractivity (Wildman–Crippen MR) is 139 cm³/mol. The molecule has 1 N–H and O–H groups in total. The number of anilines is 1. The van der Waals surface area contributed by atoms with Crippen LogP contribution < -0.4 is 19.7 Å². The molecule has 1 fully saturated rings. The van der Waals surface area contributed by atoms with Crippen LogP contribution >= 0.6 is 46.4 Å². The van der Waals surface area contributed by atoms with Crippen LogP contribution in [-0.4, -0.2) is 25.0 Å². The first kappa shape index (κ1) is 25.9. The summed E-state index contributed by atoms with van der Waals surface area (Å²) in [5, 5.41) is 3.37. The molecule has 1 aliphatic rings. The first-order chi connectivity index (χ1) is 17.2. The van der Waals surface area contributed by atoms with Crippen LogP contribution in [0.3, 0.4) is 0 Å². The van der Waals surface area contributed by atoms with E-state index in [4.69, 9.17) is 55.9 Å². The molecule has 4 amide bonds. The van der Waals surface area contributed by atoms with E-state index in [1.165, 1.54) is 37.5 Å². The molecule has 184 valence electrons. The van der Waals surface area contributed by atoms with Crippen LogP contribution in [0.25, 0.3) is 6.08 Å². The van der Waals surface area contributed by atoms with Crippen LogP contribution in [0.15, 0.2) is 60.2 Å². The number of hydrogen-bond acceptors (Lipinski definition) is 5. The van der Waals surface area contributed by atoms with Crippen molar-refractivity contribution in [3.63, 3.8) is 0 Å². The van der Waals surface area contributed by atoms with Crippen LogP contribution in [-0.2, 0) is 16.2 Å². The van der Waals surface area contributed by atoms with Gasteiger partial charge >= 0.3 is 6.03 Å². The number of urea groups is 1. The number of rotatable bonds is 6. The SMILES string of the molecule is COc1ccc(N2C(=O)NC(=O)/C(=C\c3cc(Cl)c(OCc4ccc(Cl)cc4Cl)c(Cl)c3)C2=O)cc1. The highest BCUT2D eigenvalue weighted by atomic mass is 35.5. The Bertz CT molecular complexity index is 1380. The summed E-state index contributed by atoms with van der Waals surface area (Å²) in [4.78, 5) is 38.8. The zero-order chi connectivity index (χ0) is 26.0. The molecule has 1 heterocycles. The van der Waals surface area contributed by atoms with E-state index in [9.17, 15) is 14.4 Å². The molecular weight excluding hydrogens is 550 g/mol. The summed E-state index contributed by atoms with van der Waals surface area (Å²) >= 11 is 24.8. The summed E-state index contributed by atoms with van der Waals surface area (Å²) < 4.78 is 10.8. The van der Waals surface area contributed by atoms with Crippen molar-refractivity contribution in [2.24, 2.45) is 0 Å². The van der Waals surface area contributed by atoms with Crippen LogP contribution in [0.2, 0.25) is 20.1 Å². The maximum absolute atomic E-state index is 13.1. The van der Waals surface area contributed by atoms with Crippen molar-refractivity contribution < 1.29 is 23.9 Å². The normalized spacial score (nSPS) is 14.8. The minimum absolute atomic E-state index is 0.0791. The Morgan fingerprint density at radius 3 is 2.17 bits per heavy atom. The minimum atomic E-state index is -0.868. The molecule has 36 heavy (non-hydrogen) atoms. The van der Waals surface area contributed by atoms with Crippen LogP contribution in [0, 0.1) is 0 Å². The zero-order valence-corrected chi connectivity index (χ0v) is 21.5. The summed E-state index contributed by atoms with van der Waals surface area (Å²) in [5.74, 6) is -0.917. The Morgan fingerprint density at radius 1 is 0.889 bits per heavy atom. The zero-order valence-electron chi connectivity index (χ0n) is 18.5. The molecule has 0 radical (unpaired) electrons. The fourth-order valence-electron chi connectivity index (χ4n) is 3.38. The lowest BCUT2D eigenvalue weighted by molar-refractivity contribution is -0.122. The molecular formula is C25H16Cl4N2O5. The van der Waals surface area contributed by atoms with Gasteiger partial charge in [-0.2, -0.15) is 0 Å². The smallest absolute Gasteiger partial charge is 0.335 e. The third kappa shape index (κ3) is 5.44. The number of barbiturate groups is 1. The molecule has 1 saturated heterocycles. The minimum Gasteiger partial charge on any atom is -0.497 e. The number of halogens is 4. The lowest BCUT2D eigenvalue weighted by atomic mass is 10.1. The quantitative estimate of drug-likeness (QED) is 0.270. The number of ether oxygens (including phenoxy) is 2. The Kier molecular flexibility index (Phi) is 7.76. The number of imide groups is 2. The number of carbonyl (C=O) groups is 3. The predicted octanol–water partition coefficient (Wildman–Crippen LogP) is 6.55. The first-order valence-corrected chi connectivity index (χ1v) is 11.8. The van der Waals surface area contributed by atoms with Gasteiger partial charge in [-0.05, 0) is 60.2 Å². The molecule has 7 nitrogen and oxygen atoms in total. The Balaban J connectivity index is 1.60. The van der Waals surface area contributed by atoms with Gasteiger partial charge in [0.05, 0.1) is 22.8 Å². The van der Waals surface area contributed by atoms with E-state index in [2.05, 4.69) is 5.32 Å². The van der Waals surface area contributed by atoms with Crippen molar-refractivity contribution in [1.29, 1.82) is 0 Å². The van der Waals surface area contributed by atoms with Gasteiger partial charge in [0.15, 0.2) is 5.75 Å². The second-order valence-corrected chi connectivity index (χ2v) is 9.15. The number of nitrogens with zero attached hydrogens (tertiary/aromatic N) is 1. The van der Waals surface area contributed by atoms with E-state index in [1.807, 2.05) is 0 Å². The van der Waals surface area contributed by atoms with Crippen molar-refractivity contribution in [1.82, 2.24) is 5.32 Å². The second kappa shape index (κ2) is 10.8. The molecule has 0 spiro atoms. The van der Waals surface area contributed by atoms with Gasteiger partial charge in [0.25, 0.3) is 11.8 Å². The molecule has 3 aromatic rings. The number of amides is 4. The largest absolute Gasteiger partial charge is 0.497 e. The molecule has 3 aromatic carbocycles. The first-order valence-electron chi connectivity index (χ1n) is 10.3. The number of carbonyl (C=O) groups excluding carboxylic acids is 3. The van der Waals surface area contributed by atoms with E-state index < -0.39 is 17.8 Å². The van der Waals surface area contributed by atoms with Crippen LogP contribution in [0.4, 0.5) is 10.5 Å². The van der Waals surface area contributed by atoms with Gasteiger partial charge < -0.3 is 9.47 Å². The highest BCUT2D eigenvalue weighted by Crippen LogP contribution is 2.36. The fraction of sp³-hybridized carbons (Fsp3) is 0.0800. The number of nitrogens with one attached hydrogen (secondary N) is 1. The van der Waals surface area contributed by atoms with Crippen molar-refractivity contribution in [2.45, 2.75) is 6.61 Å². The average Bonchev–Trinajstić information content (AvgIpc) is 2.82. The highest BCUT2D eigenvalue weighted by molar-refractivity contribution is 6.40. The second-order valence-electron chi connectivity index (χ2n) is 7.49. The molecule has 0 aliphatic carbocycles. The molecule has 4 rings (SSSR count). The van der Waals surface area contributed by atoms with Gasteiger partial charge in [-0.3, -0.25) is 14.9 Å². The van der Waals surface area contributed by atoms with E-state index in [-0.39, 0.29) is 33.7 Å². The van der Waals surface area contributed by atoms with Crippen LogP contribution in [0.1, 0.15) is 11.1 Å². The topological polar surface area (TPSA) is 84.9 Å². The van der Waals surface area contributed by atoms with Crippen molar-refractivity contribution >= 4 is 76.0 Å². The third-order valence-corrected chi connectivity index (χ3v) is 6.30. The molecule has 0 bridgehead atoms. The number of benzene rings is 3. The monoisotopic (exact) mass is 564 g/mol. The molecule has 0 unspecified atom stereocenters. The number of methoxy groups -OCH3 is 1. The summed E-state index contributed by atoms with van der Waals surface area (Å²) in [6.45, 7) is 0.0791. The molecule has 0 aromatic heterocycles. The highest BCUT2D eigenvalue weighted by Gasteiger charge is 2.36. The standard InChI is InChI=1S/C25H16Cl4N2O5/c1-35-17-6-4-16(5-7-17)31-24(33)18(23(32)30-25(31)34)8-13-9-20(28)22(21(29)10-13)36-12-14-2-3-15(26)11-19(14)27/h2-11H,12H2,1H3,(H,30,32,34)/b18-8+. The fourth-order valence-corrected chi connectivity index (χ4v) is 4.46. The summed E-state index contributed by atoms with van der Waals surface area (Å²) in [5.41, 5.74) is 1.01. The molecule has 11 heteroatoms. The van der Waals surface area contributed by atoms with Gasteiger partial charge in [0.1, 0.15) is 17.9 Å². The van der Waals surface area contributed by atoms with Crippen molar-refractivity contribution in [3.05, 3.63) is 91.4 Å². The lowest BCUT2D eigenvalue weighted by Crippen LogP contribution is -2.54.